The van der Waals surface area contributed by atoms with Crippen LogP contribution in [0.5, 0.6) is 0 Å². The molecule has 1 saturated heterocycles. The normalized spacial score (nSPS) is 19.7. The summed E-state index contributed by atoms with van der Waals surface area (Å²) in [4.78, 5) is 14.8. The fraction of sp³-hybridized carbons (Fsp3) is 0.409. The average Bonchev–Trinajstić information content (AvgIpc) is 3.03. The molecular formula is C22H26ClF2N3O. The molecule has 2 atom stereocenters. The Morgan fingerprint density at radius 3 is 2.55 bits per heavy atom. The van der Waals surface area contributed by atoms with Crippen LogP contribution in [0.15, 0.2) is 42.5 Å². The molecule has 0 aromatic heterocycles. The van der Waals surface area contributed by atoms with Gasteiger partial charge in [0.2, 0.25) is 5.91 Å². The Hall–Kier alpha value is -2.02. The zero-order chi connectivity index (χ0) is 21.0. The SMILES string of the molecule is CC(C)NC(=O)[C@@H]1C[C@@H](NCc2c(F)cccc2F)CN1Cc1cccc(Cl)c1. The van der Waals surface area contributed by atoms with Crippen molar-refractivity contribution < 1.29 is 13.6 Å². The molecule has 2 N–H and O–H groups in total. The molecule has 0 unspecified atom stereocenters. The zero-order valence-corrected chi connectivity index (χ0v) is 17.3. The van der Waals surface area contributed by atoms with Gasteiger partial charge in [-0.3, -0.25) is 9.69 Å². The summed E-state index contributed by atoms with van der Waals surface area (Å²) in [5.74, 6) is -1.18. The van der Waals surface area contributed by atoms with Gasteiger partial charge in [0, 0.05) is 42.3 Å². The molecule has 1 fully saturated rings. The topological polar surface area (TPSA) is 44.4 Å². The third-order valence-corrected chi connectivity index (χ3v) is 5.28. The fourth-order valence-electron chi connectivity index (χ4n) is 3.70. The minimum atomic E-state index is -0.569. The first kappa shape index (κ1) is 21.7. The third kappa shape index (κ3) is 5.75. The standard InChI is InChI=1S/C22H26ClF2N3O/c1-14(2)27-22(29)21-10-17(26-11-18-19(24)7-4-8-20(18)25)13-28(21)12-15-5-3-6-16(23)9-15/h3-9,14,17,21,26H,10-13H2,1-2H3,(H,27,29)/t17-,21+/m1/s1. The third-order valence-electron chi connectivity index (χ3n) is 5.04. The molecule has 3 rings (SSSR count). The van der Waals surface area contributed by atoms with E-state index in [1.54, 1.807) is 0 Å². The van der Waals surface area contributed by atoms with Crippen LogP contribution in [0.25, 0.3) is 0 Å². The highest BCUT2D eigenvalue weighted by Gasteiger charge is 2.36. The monoisotopic (exact) mass is 421 g/mol. The van der Waals surface area contributed by atoms with E-state index in [2.05, 4.69) is 15.5 Å². The van der Waals surface area contributed by atoms with E-state index in [0.29, 0.717) is 24.5 Å². The summed E-state index contributed by atoms with van der Waals surface area (Å²) in [7, 11) is 0. The van der Waals surface area contributed by atoms with Crippen molar-refractivity contribution in [3.05, 3.63) is 70.2 Å². The van der Waals surface area contributed by atoms with Crippen molar-refractivity contribution >= 4 is 17.5 Å². The summed E-state index contributed by atoms with van der Waals surface area (Å²) in [6.45, 7) is 5.09. The van der Waals surface area contributed by atoms with Crippen molar-refractivity contribution in [3.8, 4) is 0 Å². The highest BCUT2D eigenvalue weighted by atomic mass is 35.5. The minimum Gasteiger partial charge on any atom is -0.353 e. The molecule has 0 aliphatic carbocycles. The van der Waals surface area contributed by atoms with Gasteiger partial charge in [-0.1, -0.05) is 29.8 Å². The number of benzene rings is 2. The Balaban J connectivity index is 1.70. The van der Waals surface area contributed by atoms with Crippen LogP contribution in [-0.4, -0.2) is 35.5 Å². The lowest BCUT2D eigenvalue weighted by molar-refractivity contribution is -0.126. The van der Waals surface area contributed by atoms with Crippen LogP contribution >= 0.6 is 11.6 Å². The first-order valence-corrected chi connectivity index (χ1v) is 10.2. The van der Waals surface area contributed by atoms with Crippen LogP contribution in [0, 0.1) is 11.6 Å². The lowest BCUT2D eigenvalue weighted by Crippen LogP contribution is -2.45. The Morgan fingerprint density at radius 2 is 1.90 bits per heavy atom. The van der Waals surface area contributed by atoms with Crippen molar-refractivity contribution in [1.82, 2.24) is 15.5 Å². The largest absolute Gasteiger partial charge is 0.353 e. The summed E-state index contributed by atoms with van der Waals surface area (Å²) >= 11 is 6.09. The van der Waals surface area contributed by atoms with Gasteiger partial charge in [0.1, 0.15) is 11.6 Å². The van der Waals surface area contributed by atoms with Gasteiger partial charge in [-0.05, 0) is 50.1 Å². The van der Waals surface area contributed by atoms with Crippen LogP contribution in [0.3, 0.4) is 0 Å². The number of hydrogen-bond acceptors (Lipinski definition) is 3. The minimum absolute atomic E-state index is 0.0176. The van der Waals surface area contributed by atoms with Crippen LogP contribution in [0.4, 0.5) is 8.78 Å². The van der Waals surface area contributed by atoms with E-state index >= 15 is 0 Å². The molecule has 1 aliphatic rings. The van der Waals surface area contributed by atoms with Crippen LogP contribution in [0.1, 0.15) is 31.4 Å². The van der Waals surface area contributed by atoms with Crippen LogP contribution in [-0.2, 0) is 17.9 Å². The molecule has 1 aliphatic heterocycles. The molecule has 0 radical (unpaired) electrons. The molecule has 156 valence electrons. The number of nitrogens with one attached hydrogen (secondary N) is 2. The number of carbonyl (C=O) groups excluding carboxylic acids is 1. The van der Waals surface area contributed by atoms with E-state index in [1.807, 2.05) is 38.1 Å². The zero-order valence-electron chi connectivity index (χ0n) is 16.6. The van der Waals surface area contributed by atoms with Crippen molar-refractivity contribution in [2.24, 2.45) is 0 Å². The Kier molecular flexibility index (Phi) is 7.22. The van der Waals surface area contributed by atoms with Crippen LogP contribution < -0.4 is 10.6 Å². The smallest absolute Gasteiger partial charge is 0.237 e. The Morgan fingerprint density at radius 1 is 1.21 bits per heavy atom. The second-order valence-corrected chi connectivity index (χ2v) is 8.19. The van der Waals surface area contributed by atoms with E-state index in [-0.39, 0.29) is 36.1 Å². The molecule has 4 nitrogen and oxygen atoms in total. The molecule has 0 bridgehead atoms. The van der Waals surface area contributed by atoms with Crippen molar-refractivity contribution in [2.45, 2.75) is 51.5 Å². The molecule has 1 amide bonds. The second kappa shape index (κ2) is 9.65. The van der Waals surface area contributed by atoms with Gasteiger partial charge < -0.3 is 10.6 Å². The first-order chi connectivity index (χ1) is 13.8. The Labute approximate surface area is 175 Å². The van der Waals surface area contributed by atoms with E-state index in [4.69, 9.17) is 11.6 Å². The molecule has 2 aromatic rings. The number of halogens is 3. The van der Waals surface area contributed by atoms with Crippen molar-refractivity contribution in [3.63, 3.8) is 0 Å². The van der Waals surface area contributed by atoms with Gasteiger partial charge in [-0.2, -0.15) is 0 Å². The maximum atomic E-state index is 13.9. The fourth-order valence-corrected chi connectivity index (χ4v) is 3.91. The number of hydrogen-bond donors (Lipinski definition) is 2. The number of nitrogens with zero attached hydrogens (tertiary/aromatic N) is 1. The van der Waals surface area contributed by atoms with E-state index in [0.717, 1.165) is 5.56 Å². The lowest BCUT2D eigenvalue weighted by Gasteiger charge is -2.24. The molecular weight excluding hydrogens is 396 g/mol. The van der Waals surface area contributed by atoms with Crippen LogP contribution in [0.2, 0.25) is 5.02 Å². The average molecular weight is 422 g/mol. The molecule has 1 heterocycles. The summed E-state index contributed by atoms with van der Waals surface area (Å²) in [6, 6.07) is 11.1. The van der Waals surface area contributed by atoms with E-state index in [9.17, 15) is 13.6 Å². The number of carbonyl (C=O) groups is 1. The Bertz CT molecular complexity index is 841. The summed E-state index contributed by atoms with van der Waals surface area (Å²) in [5.41, 5.74) is 1.03. The molecule has 29 heavy (non-hydrogen) atoms. The highest BCUT2D eigenvalue weighted by molar-refractivity contribution is 6.30. The predicted molar refractivity (Wildman–Crippen MR) is 111 cm³/mol. The van der Waals surface area contributed by atoms with Gasteiger partial charge in [0.15, 0.2) is 0 Å². The first-order valence-electron chi connectivity index (χ1n) is 9.78. The maximum Gasteiger partial charge on any atom is 0.237 e. The van der Waals surface area contributed by atoms with E-state index < -0.39 is 11.6 Å². The number of rotatable bonds is 7. The summed E-state index contributed by atoms with van der Waals surface area (Å²) in [6.07, 6.45) is 0.565. The molecule has 7 heteroatoms. The van der Waals surface area contributed by atoms with E-state index in [1.165, 1.54) is 18.2 Å². The van der Waals surface area contributed by atoms with Crippen molar-refractivity contribution in [2.75, 3.05) is 6.54 Å². The van der Waals surface area contributed by atoms with Gasteiger partial charge in [-0.15, -0.1) is 0 Å². The number of likely N-dealkylation sites (tertiary alicyclic amines) is 1. The highest BCUT2D eigenvalue weighted by Crippen LogP contribution is 2.23. The molecule has 2 aromatic carbocycles. The summed E-state index contributed by atoms with van der Waals surface area (Å²) in [5, 5.41) is 6.83. The van der Waals surface area contributed by atoms with Gasteiger partial charge >= 0.3 is 0 Å². The van der Waals surface area contributed by atoms with Gasteiger partial charge in [-0.25, -0.2) is 8.78 Å². The lowest BCUT2D eigenvalue weighted by atomic mass is 10.1. The molecule has 0 saturated carbocycles. The molecule has 0 spiro atoms. The van der Waals surface area contributed by atoms with Crippen molar-refractivity contribution in [1.29, 1.82) is 0 Å². The maximum absolute atomic E-state index is 13.9. The summed E-state index contributed by atoms with van der Waals surface area (Å²) < 4.78 is 27.8. The number of amides is 1. The van der Waals surface area contributed by atoms with Gasteiger partial charge in [0.05, 0.1) is 6.04 Å². The predicted octanol–water partition coefficient (Wildman–Crippen LogP) is 3.88. The quantitative estimate of drug-likeness (QED) is 0.713. The van der Waals surface area contributed by atoms with Gasteiger partial charge in [0.25, 0.3) is 0 Å². The second-order valence-electron chi connectivity index (χ2n) is 7.75.